The summed E-state index contributed by atoms with van der Waals surface area (Å²) in [5.41, 5.74) is 7.12. The van der Waals surface area contributed by atoms with E-state index < -0.39 is 16.1 Å². The predicted octanol–water partition coefficient (Wildman–Crippen LogP) is 0.490. The van der Waals surface area contributed by atoms with Gasteiger partial charge in [-0.2, -0.15) is 0 Å². The van der Waals surface area contributed by atoms with E-state index in [1.807, 2.05) is 6.92 Å². The standard InChI is InChI=1S/C11H18N2O3S/c1-3-9-4-5-10(6-11(9)12)17(15,16)13-7-8(2)14/h4-6,8,13-14H,3,7,12H2,1-2H3. The van der Waals surface area contributed by atoms with Crippen LogP contribution in [0.15, 0.2) is 23.1 Å². The van der Waals surface area contributed by atoms with Gasteiger partial charge in [0.05, 0.1) is 11.0 Å². The van der Waals surface area contributed by atoms with Gasteiger partial charge >= 0.3 is 0 Å². The highest BCUT2D eigenvalue weighted by Gasteiger charge is 2.15. The molecule has 0 aliphatic carbocycles. The minimum absolute atomic E-state index is 0.0161. The lowest BCUT2D eigenvalue weighted by atomic mass is 10.1. The molecule has 0 heterocycles. The van der Waals surface area contributed by atoms with E-state index in [1.165, 1.54) is 19.1 Å². The quantitative estimate of drug-likeness (QED) is 0.670. The smallest absolute Gasteiger partial charge is 0.240 e. The molecule has 0 saturated carbocycles. The molecule has 5 nitrogen and oxygen atoms in total. The number of benzene rings is 1. The lowest BCUT2D eigenvalue weighted by molar-refractivity contribution is 0.198. The van der Waals surface area contributed by atoms with Gasteiger partial charge in [0.15, 0.2) is 0 Å². The molecule has 0 amide bonds. The van der Waals surface area contributed by atoms with Gasteiger partial charge in [0, 0.05) is 12.2 Å². The molecule has 6 heteroatoms. The normalized spacial score (nSPS) is 13.6. The molecule has 17 heavy (non-hydrogen) atoms. The van der Waals surface area contributed by atoms with Crippen LogP contribution in [0.2, 0.25) is 0 Å². The molecule has 1 aromatic rings. The minimum Gasteiger partial charge on any atom is -0.398 e. The van der Waals surface area contributed by atoms with Crippen molar-refractivity contribution in [2.75, 3.05) is 12.3 Å². The predicted molar refractivity (Wildman–Crippen MR) is 67.1 cm³/mol. The molecular weight excluding hydrogens is 240 g/mol. The number of sulfonamides is 1. The number of rotatable bonds is 5. The molecule has 0 saturated heterocycles. The summed E-state index contributed by atoms with van der Waals surface area (Å²) in [5.74, 6) is 0. The van der Waals surface area contributed by atoms with E-state index in [1.54, 1.807) is 6.07 Å². The average molecular weight is 258 g/mol. The van der Waals surface area contributed by atoms with Crippen molar-refractivity contribution in [1.29, 1.82) is 0 Å². The fourth-order valence-corrected chi connectivity index (χ4v) is 2.53. The van der Waals surface area contributed by atoms with Crippen molar-refractivity contribution >= 4 is 15.7 Å². The molecule has 0 aromatic heterocycles. The van der Waals surface area contributed by atoms with E-state index in [0.29, 0.717) is 5.69 Å². The largest absolute Gasteiger partial charge is 0.398 e. The maximum atomic E-state index is 11.8. The third-order valence-corrected chi connectivity index (χ3v) is 3.80. The van der Waals surface area contributed by atoms with Gasteiger partial charge in [-0.1, -0.05) is 13.0 Å². The van der Waals surface area contributed by atoms with Crippen molar-refractivity contribution < 1.29 is 13.5 Å². The summed E-state index contributed by atoms with van der Waals surface area (Å²) in [5, 5.41) is 9.05. The number of hydrogen-bond donors (Lipinski definition) is 3. The number of nitrogens with two attached hydrogens (primary N) is 1. The van der Waals surface area contributed by atoms with Crippen LogP contribution in [-0.4, -0.2) is 26.2 Å². The van der Waals surface area contributed by atoms with Crippen molar-refractivity contribution in [1.82, 2.24) is 4.72 Å². The highest BCUT2D eigenvalue weighted by molar-refractivity contribution is 7.89. The Bertz CT molecular complexity index is 483. The van der Waals surface area contributed by atoms with E-state index in [4.69, 9.17) is 10.8 Å². The molecule has 0 radical (unpaired) electrons. The summed E-state index contributed by atoms with van der Waals surface area (Å²) in [7, 11) is -3.59. The topological polar surface area (TPSA) is 92.4 Å². The van der Waals surface area contributed by atoms with Gasteiger partial charge in [0.2, 0.25) is 10.0 Å². The Balaban J connectivity index is 2.96. The number of aliphatic hydroxyl groups is 1. The first-order valence-corrected chi connectivity index (χ1v) is 6.91. The van der Waals surface area contributed by atoms with Crippen molar-refractivity contribution in [3.63, 3.8) is 0 Å². The van der Waals surface area contributed by atoms with Gasteiger partial charge in [-0.25, -0.2) is 13.1 Å². The number of anilines is 1. The molecular formula is C11H18N2O3S. The number of nitrogen functional groups attached to an aromatic ring is 1. The Kier molecular flexibility index (Phi) is 4.50. The van der Waals surface area contributed by atoms with Crippen molar-refractivity contribution in [2.24, 2.45) is 0 Å². The summed E-state index contributed by atoms with van der Waals surface area (Å²) in [6.07, 6.45) is 0.0322. The number of aliphatic hydroxyl groups excluding tert-OH is 1. The first kappa shape index (κ1) is 14.0. The Hall–Kier alpha value is -1.11. The van der Waals surface area contributed by atoms with Gasteiger partial charge in [0.1, 0.15) is 0 Å². The highest BCUT2D eigenvalue weighted by atomic mass is 32.2. The van der Waals surface area contributed by atoms with Crippen LogP contribution in [-0.2, 0) is 16.4 Å². The summed E-state index contributed by atoms with van der Waals surface area (Å²) < 4.78 is 25.9. The first-order chi connectivity index (χ1) is 7.86. The Morgan fingerprint density at radius 2 is 2.12 bits per heavy atom. The van der Waals surface area contributed by atoms with Crippen LogP contribution in [0.3, 0.4) is 0 Å². The molecule has 1 aromatic carbocycles. The van der Waals surface area contributed by atoms with Crippen LogP contribution in [0.4, 0.5) is 5.69 Å². The zero-order chi connectivity index (χ0) is 13.1. The SMILES string of the molecule is CCc1ccc(S(=O)(=O)NCC(C)O)cc1N. The molecule has 0 fully saturated rings. The zero-order valence-corrected chi connectivity index (χ0v) is 10.8. The Morgan fingerprint density at radius 1 is 1.47 bits per heavy atom. The van der Waals surface area contributed by atoms with Crippen LogP contribution >= 0.6 is 0 Å². The molecule has 1 unspecified atom stereocenters. The van der Waals surface area contributed by atoms with Gasteiger partial charge in [-0.3, -0.25) is 0 Å². The number of nitrogens with one attached hydrogen (secondary N) is 1. The minimum atomic E-state index is -3.59. The molecule has 1 rings (SSSR count). The monoisotopic (exact) mass is 258 g/mol. The Morgan fingerprint density at radius 3 is 2.59 bits per heavy atom. The molecule has 1 atom stereocenters. The maximum absolute atomic E-state index is 11.8. The first-order valence-electron chi connectivity index (χ1n) is 5.43. The van der Waals surface area contributed by atoms with Crippen LogP contribution in [0.25, 0.3) is 0 Å². The zero-order valence-electron chi connectivity index (χ0n) is 9.97. The van der Waals surface area contributed by atoms with Crippen molar-refractivity contribution in [2.45, 2.75) is 31.3 Å². The second-order valence-electron chi connectivity index (χ2n) is 3.92. The average Bonchev–Trinajstić information content (AvgIpc) is 2.26. The number of hydrogen-bond acceptors (Lipinski definition) is 4. The van der Waals surface area contributed by atoms with E-state index in [0.717, 1.165) is 12.0 Å². The van der Waals surface area contributed by atoms with E-state index >= 15 is 0 Å². The summed E-state index contributed by atoms with van der Waals surface area (Å²) >= 11 is 0. The van der Waals surface area contributed by atoms with Crippen LogP contribution in [0, 0.1) is 0 Å². The van der Waals surface area contributed by atoms with Gasteiger partial charge in [-0.15, -0.1) is 0 Å². The van der Waals surface area contributed by atoms with Crippen LogP contribution < -0.4 is 10.5 Å². The number of aryl methyl sites for hydroxylation is 1. The fourth-order valence-electron chi connectivity index (χ4n) is 1.38. The molecule has 0 bridgehead atoms. The molecule has 96 valence electrons. The summed E-state index contributed by atoms with van der Waals surface area (Å²) in [4.78, 5) is 0.118. The van der Waals surface area contributed by atoms with Crippen LogP contribution in [0.5, 0.6) is 0 Å². The Labute approximate surface area is 102 Å². The lowest BCUT2D eigenvalue weighted by Crippen LogP contribution is -2.30. The summed E-state index contributed by atoms with van der Waals surface area (Å²) in [6.45, 7) is 3.44. The molecule has 0 aliphatic heterocycles. The highest BCUT2D eigenvalue weighted by Crippen LogP contribution is 2.18. The lowest BCUT2D eigenvalue weighted by Gasteiger charge is -2.10. The second-order valence-corrected chi connectivity index (χ2v) is 5.68. The third kappa shape index (κ3) is 3.69. The van der Waals surface area contributed by atoms with Gasteiger partial charge in [-0.05, 0) is 31.0 Å². The van der Waals surface area contributed by atoms with E-state index in [-0.39, 0.29) is 11.4 Å². The van der Waals surface area contributed by atoms with Crippen molar-refractivity contribution in [3.8, 4) is 0 Å². The summed E-state index contributed by atoms with van der Waals surface area (Å²) in [6, 6.07) is 4.65. The molecule has 0 aliphatic rings. The molecule has 0 spiro atoms. The van der Waals surface area contributed by atoms with Gasteiger partial charge in [0.25, 0.3) is 0 Å². The van der Waals surface area contributed by atoms with Crippen LogP contribution in [0.1, 0.15) is 19.4 Å². The fraction of sp³-hybridized carbons (Fsp3) is 0.455. The van der Waals surface area contributed by atoms with Crippen molar-refractivity contribution in [3.05, 3.63) is 23.8 Å². The van der Waals surface area contributed by atoms with E-state index in [9.17, 15) is 8.42 Å². The van der Waals surface area contributed by atoms with Gasteiger partial charge < -0.3 is 10.8 Å². The second kappa shape index (κ2) is 5.48. The molecule has 4 N–H and O–H groups in total. The third-order valence-electron chi connectivity index (χ3n) is 2.38. The van der Waals surface area contributed by atoms with E-state index in [2.05, 4.69) is 4.72 Å². The maximum Gasteiger partial charge on any atom is 0.240 e.